The zero-order valence-corrected chi connectivity index (χ0v) is 8.09. The molecule has 0 spiro atoms. The molecule has 0 nitrogen and oxygen atoms in total. The van der Waals surface area contributed by atoms with Gasteiger partial charge < -0.3 is 0 Å². The van der Waals surface area contributed by atoms with Gasteiger partial charge >= 0.3 is 0 Å². The number of rotatable bonds is 2. The van der Waals surface area contributed by atoms with E-state index in [-0.39, 0.29) is 0 Å². The molecular weight excluding hydrogens is 144 g/mol. The Hall–Kier alpha value is -1.04. The molecule has 12 heavy (non-hydrogen) atoms. The van der Waals surface area contributed by atoms with Gasteiger partial charge in [0.05, 0.1) is 0 Å². The van der Waals surface area contributed by atoms with E-state index in [1.807, 2.05) is 0 Å². The van der Waals surface area contributed by atoms with Gasteiger partial charge in [-0.15, -0.1) is 0 Å². The van der Waals surface area contributed by atoms with Gasteiger partial charge in [0, 0.05) is 0 Å². The van der Waals surface area contributed by atoms with Crippen LogP contribution in [0.3, 0.4) is 0 Å². The highest BCUT2D eigenvalue weighted by Crippen LogP contribution is 2.11. The maximum atomic E-state index is 2.26. The molecule has 0 aliphatic rings. The van der Waals surface area contributed by atoms with Crippen molar-refractivity contribution in [2.24, 2.45) is 0 Å². The van der Waals surface area contributed by atoms with E-state index in [4.69, 9.17) is 0 Å². The SMILES string of the molecule is C/C=C/Cc1cc(C)ccc1C. The zero-order chi connectivity index (χ0) is 8.97. The van der Waals surface area contributed by atoms with Gasteiger partial charge in [-0.25, -0.2) is 0 Å². The molecule has 0 saturated carbocycles. The van der Waals surface area contributed by atoms with Gasteiger partial charge in [-0.05, 0) is 38.3 Å². The van der Waals surface area contributed by atoms with Crippen LogP contribution in [0.4, 0.5) is 0 Å². The van der Waals surface area contributed by atoms with Crippen molar-refractivity contribution in [3.8, 4) is 0 Å². The van der Waals surface area contributed by atoms with Gasteiger partial charge in [-0.1, -0.05) is 35.9 Å². The number of benzene rings is 1. The summed E-state index contributed by atoms with van der Waals surface area (Å²) in [6.07, 6.45) is 5.35. The monoisotopic (exact) mass is 160 g/mol. The van der Waals surface area contributed by atoms with Crippen molar-refractivity contribution in [2.45, 2.75) is 27.2 Å². The molecule has 0 aliphatic carbocycles. The lowest BCUT2D eigenvalue weighted by atomic mass is 10.0. The number of aryl methyl sites for hydroxylation is 2. The van der Waals surface area contributed by atoms with Gasteiger partial charge in [-0.2, -0.15) is 0 Å². The van der Waals surface area contributed by atoms with E-state index in [9.17, 15) is 0 Å². The van der Waals surface area contributed by atoms with E-state index >= 15 is 0 Å². The highest BCUT2D eigenvalue weighted by Gasteiger charge is 1.94. The van der Waals surface area contributed by atoms with Crippen molar-refractivity contribution >= 4 is 0 Å². The van der Waals surface area contributed by atoms with Gasteiger partial charge in [0.2, 0.25) is 0 Å². The lowest BCUT2D eigenvalue weighted by Crippen LogP contribution is -1.87. The molecule has 0 atom stereocenters. The van der Waals surface area contributed by atoms with Crippen LogP contribution >= 0.6 is 0 Å². The van der Waals surface area contributed by atoms with Crippen LogP contribution in [0.25, 0.3) is 0 Å². The summed E-state index contributed by atoms with van der Waals surface area (Å²) in [5.74, 6) is 0. The third-order valence-electron chi connectivity index (χ3n) is 2.08. The molecule has 0 heterocycles. The topological polar surface area (TPSA) is 0 Å². The predicted octanol–water partition coefficient (Wildman–Crippen LogP) is 3.42. The summed E-state index contributed by atoms with van der Waals surface area (Å²) in [4.78, 5) is 0. The first-order chi connectivity index (χ1) is 5.74. The first kappa shape index (κ1) is 9.05. The maximum Gasteiger partial charge on any atom is -0.00948 e. The minimum atomic E-state index is 1.06. The molecule has 0 saturated heterocycles. The third-order valence-corrected chi connectivity index (χ3v) is 2.08. The first-order valence-corrected chi connectivity index (χ1v) is 4.41. The van der Waals surface area contributed by atoms with Crippen molar-refractivity contribution in [2.75, 3.05) is 0 Å². The molecule has 0 fully saturated rings. The molecule has 64 valence electrons. The zero-order valence-electron chi connectivity index (χ0n) is 8.09. The minimum absolute atomic E-state index is 1.06. The Morgan fingerprint density at radius 2 is 2.00 bits per heavy atom. The Kier molecular flexibility index (Phi) is 3.09. The molecule has 0 radical (unpaired) electrons. The average molecular weight is 160 g/mol. The summed E-state index contributed by atoms with van der Waals surface area (Å²) < 4.78 is 0. The fourth-order valence-electron chi connectivity index (χ4n) is 1.26. The summed E-state index contributed by atoms with van der Waals surface area (Å²) in [6.45, 7) is 6.36. The van der Waals surface area contributed by atoms with E-state index < -0.39 is 0 Å². The van der Waals surface area contributed by atoms with Crippen molar-refractivity contribution in [1.29, 1.82) is 0 Å². The second kappa shape index (κ2) is 4.10. The molecule has 0 aliphatic heterocycles. The Bertz CT molecular complexity index is 282. The lowest BCUT2D eigenvalue weighted by molar-refractivity contribution is 1.19. The minimum Gasteiger partial charge on any atom is -0.0913 e. The van der Waals surface area contributed by atoms with Crippen LogP contribution in [0.2, 0.25) is 0 Å². The Morgan fingerprint density at radius 3 is 2.67 bits per heavy atom. The molecule has 0 unspecified atom stereocenters. The van der Waals surface area contributed by atoms with Gasteiger partial charge in [0.25, 0.3) is 0 Å². The Balaban J connectivity index is 2.89. The maximum absolute atomic E-state index is 2.26. The summed E-state index contributed by atoms with van der Waals surface area (Å²) in [5.41, 5.74) is 4.17. The standard InChI is InChI=1S/C12H16/c1-4-5-6-12-9-10(2)7-8-11(12)3/h4-5,7-9H,6H2,1-3H3/b5-4+. The van der Waals surface area contributed by atoms with Crippen molar-refractivity contribution in [3.63, 3.8) is 0 Å². The van der Waals surface area contributed by atoms with Crippen LogP contribution in [-0.4, -0.2) is 0 Å². The fourth-order valence-corrected chi connectivity index (χ4v) is 1.26. The quantitative estimate of drug-likeness (QED) is 0.581. The van der Waals surface area contributed by atoms with E-state index in [0.717, 1.165) is 6.42 Å². The normalized spacial score (nSPS) is 10.9. The lowest BCUT2D eigenvalue weighted by Gasteiger charge is -2.03. The summed E-state index contributed by atoms with van der Waals surface area (Å²) >= 11 is 0. The fraction of sp³-hybridized carbons (Fsp3) is 0.333. The number of hydrogen-bond donors (Lipinski definition) is 0. The highest BCUT2D eigenvalue weighted by molar-refractivity contribution is 5.31. The molecule has 1 rings (SSSR count). The van der Waals surface area contributed by atoms with Crippen LogP contribution in [0.1, 0.15) is 23.6 Å². The van der Waals surface area contributed by atoms with E-state index in [2.05, 4.69) is 51.1 Å². The first-order valence-electron chi connectivity index (χ1n) is 4.41. The van der Waals surface area contributed by atoms with Crippen LogP contribution in [0.5, 0.6) is 0 Å². The van der Waals surface area contributed by atoms with Crippen LogP contribution in [-0.2, 0) is 6.42 Å². The highest BCUT2D eigenvalue weighted by atomic mass is 14.0. The molecule has 1 aromatic rings. The van der Waals surface area contributed by atoms with Crippen LogP contribution < -0.4 is 0 Å². The van der Waals surface area contributed by atoms with Crippen molar-refractivity contribution in [1.82, 2.24) is 0 Å². The van der Waals surface area contributed by atoms with E-state index in [0.29, 0.717) is 0 Å². The van der Waals surface area contributed by atoms with Gasteiger partial charge in [0.1, 0.15) is 0 Å². The molecule has 0 amide bonds. The molecule has 1 aromatic carbocycles. The van der Waals surface area contributed by atoms with Gasteiger partial charge in [0.15, 0.2) is 0 Å². The third kappa shape index (κ3) is 2.23. The summed E-state index contributed by atoms with van der Waals surface area (Å²) in [6, 6.07) is 6.61. The van der Waals surface area contributed by atoms with Crippen LogP contribution in [0.15, 0.2) is 30.4 Å². The van der Waals surface area contributed by atoms with E-state index in [1.54, 1.807) is 0 Å². The molecule has 0 N–H and O–H groups in total. The molecular formula is C12H16. The second-order valence-corrected chi connectivity index (χ2v) is 3.20. The molecule has 0 bridgehead atoms. The average Bonchev–Trinajstić information content (AvgIpc) is 2.07. The Labute approximate surface area is 74.9 Å². The molecule has 0 heteroatoms. The molecule has 0 aromatic heterocycles. The largest absolute Gasteiger partial charge is 0.0913 e. The van der Waals surface area contributed by atoms with Gasteiger partial charge in [-0.3, -0.25) is 0 Å². The van der Waals surface area contributed by atoms with E-state index in [1.165, 1.54) is 16.7 Å². The smallest absolute Gasteiger partial charge is 0.00948 e. The summed E-state index contributed by atoms with van der Waals surface area (Å²) in [7, 11) is 0. The Morgan fingerprint density at radius 1 is 1.25 bits per heavy atom. The number of allylic oxidation sites excluding steroid dienone is 2. The van der Waals surface area contributed by atoms with Crippen LogP contribution in [0, 0.1) is 13.8 Å². The number of hydrogen-bond acceptors (Lipinski definition) is 0. The van der Waals surface area contributed by atoms with Crippen molar-refractivity contribution < 1.29 is 0 Å². The predicted molar refractivity (Wildman–Crippen MR) is 54.4 cm³/mol. The second-order valence-electron chi connectivity index (χ2n) is 3.20. The summed E-state index contributed by atoms with van der Waals surface area (Å²) in [5, 5.41) is 0. The van der Waals surface area contributed by atoms with Crippen molar-refractivity contribution in [3.05, 3.63) is 47.0 Å².